The van der Waals surface area contributed by atoms with Crippen molar-refractivity contribution in [1.29, 1.82) is 0 Å². The second kappa shape index (κ2) is 6.01. The summed E-state index contributed by atoms with van der Waals surface area (Å²) < 4.78 is 0. The average molecular weight is 246 g/mol. The van der Waals surface area contributed by atoms with Crippen LogP contribution >= 0.6 is 0 Å². The molecule has 0 aromatic heterocycles. The van der Waals surface area contributed by atoms with Crippen LogP contribution < -0.4 is 11.1 Å². The van der Waals surface area contributed by atoms with Crippen LogP contribution in [0.25, 0.3) is 0 Å². The molecule has 0 bridgehead atoms. The molecule has 1 saturated carbocycles. The van der Waals surface area contributed by atoms with E-state index in [0.29, 0.717) is 12.3 Å². The molecule has 1 aromatic carbocycles. The van der Waals surface area contributed by atoms with Crippen LogP contribution in [-0.4, -0.2) is 18.5 Å². The molecule has 18 heavy (non-hydrogen) atoms. The zero-order chi connectivity index (χ0) is 13.0. The van der Waals surface area contributed by atoms with Gasteiger partial charge in [0.15, 0.2) is 0 Å². The van der Waals surface area contributed by atoms with E-state index in [0.717, 1.165) is 24.9 Å². The first-order chi connectivity index (χ1) is 8.65. The Hall–Kier alpha value is -1.35. The molecule has 98 valence electrons. The Morgan fingerprint density at radius 2 is 2.06 bits per heavy atom. The number of aryl methyl sites for hydroxylation is 1. The van der Waals surface area contributed by atoms with Gasteiger partial charge in [-0.2, -0.15) is 0 Å². The summed E-state index contributed by atoms with van der Waals surface area (Å²) in [5.74, 6) is 0.560. The first-order valence-corrected chi connectivity index (χ1v) is 6.73. The highest BCUT2D eigenvalue weighted by Crippen LogP contribution is 2.22. The van der Waals surface area contributed by atoms with E-state index in [1.807, 2.05) is 31.2 Å². The first-order valence-electron chi connectivity index (χ1n) is 6.73. The molecule has 0 radical (unpaired) electrons. The monoisotopic (exact) mass is 246 g/mol. The third-order valence-corrected chi connectivity index (χ3v) is 3.76. The summed E-state index contributed by atoms with van der Waals surface area (Å²) in [6.45, 7) is 2.77. The smallest absolute Gasteiger partial charge is 0.224 e. The maximum Gasteiger partial charge on any atom is 0.224 e. The number of hydrogen-bond donors (Lipinski definition) is 2. The highest BCUT2D eigenvalue weighted by molar-refractivity contribution is 5.78. The van der Waals surface area contributed by atoms with Crippen molar-refractivity contribution in [1.82, 2.24) is 5.32 Å². The first kappa shape index (κ1) is 13.1. The number of benzene rings is 1. The highest BCUT2D eigenvalue weighted by atomic mass is 16.1. The predicted octanol–water partition coefficient (Wildman–Crippen LogP) is 1.78. The van der Waals surface area contributed by atoms with Crippen LogP contribution in [-0.2, 0) is 11.2 Å². The van der Waals surface area contributed by atoms with Crippen molar-refractivity contribution >= 4 is 5.91 Å². The van der Waals surface area contributed by atoms with Crippen LogP contribution in [0.1, 0.15) is 30.4 Å². The van der Waals surface area contributed by atoms with E-state index < -0.39 is 0 Å². The Morgan fingerprint density at radius 1 is 1.33 bits per heavy atom. The van der Waals surface area contributed by atoms with Crippen molar-refractivity contribution in [2.75, 3.05) is 6.54 Å². The summed E-state index contributed by atoms with van der Waals surface area (Å²) in [4.78, 5) is 11.8. The number of hydrogen-bond acceptors (Lipinski definition) is 2. The Bertz CT molecular complexity index is 399. The number of rotatable bonds is 4. The maximum atomic E-state index is 11.8. The fourth-order valence-electron chi connectivity index (χ4n) is 2.52. The quantitative estimate of drug-likeness (QED) is 0.851. The van der Waals surface area contributed by atoms with Crippen molar-refractivity contribution < 1.29 is 4.79 Å². The van der Waals surface area contributed by atoms with E-state index in [-0.39, 0.29) is 11.9 Å². The Morgan fingerprint density at radius 3 is 2.67 bits per heavy atom. The molecule has 1 aliphatic rings. The van der Waals surface area contributed by atoms with Gasteiger partial charge in [-0.05, 0) is 31.2 Å². The minimum absolute atomic E-state index is 0.0953. The topological polar surface area (TPSA) is 55.1 Å². The average Bonchev–Trinajstić information content (AvgIpc) is 2.75. The van der Waals surface area contributed by atoms with E-state index in [4.69, 9.17) is 5.73 Å². The third-order valence-electron chi connectivity index (χ3n) is 3.76. The minimum atomic E-state index is 0.0953. The summed E-state index contributed by atoms with van der Waals surface area (Å²) in [6, 6.07) is 8.36. The lowest BCUT2D eigenvalue weighted by atomic mass is 10.0. The molecule has 0 aliphatic heterocycles. The van der Waals surface area contributed by atoms with Gasteiger partial charge < -0.3 is 11.1 Å². The van der Waals surface area contributed by atoms with Gasteiger partial charge in [0.2, 0.25) is 5.91 Å². The molecule has 0 saturated heterocycles. The van der Waals surface area contributed by atoms with Gasteiger partial charge in [0.1, 0.15) is 0 Å². The predicted molar refractivity (Wildman–Crippen MR) is 73.2 cm³/mol. The molecular weight excluding hydrogens is 224 g/mol. The summed E-state index contributed by atoms with van der Waals surface area (Å²) in [5, 5.41) is 3.00. The fraction of sp³-hybridized carbons (Fsp3) is 0.533. The number of nitrogens with one attached hydrogen (secondary N) is 1. The zero-order valence-electron chi connectivity index (χ0n) is 11.0. The zero-order valence-corrected chi connectivity index (χ0v) is 11.0. The van der Waals surface area contributed by atoms with Crippen LogP contribution in [0.4, 0.5) is 0 Å². The van der Waals surface area contributed by atoms with Gasteiger partial charge in [0.25, 0.3) is 0 Å². The lowest BCUT2D eigenvalue weighted by molar-refractivity contribution is -0.120. The van der Waals surface area contributed by atoms with Crippen LogP contribution in [0.5, 0.6) is 0 Å². The van der Waals surface area contributed by atoms with Crippen LogP contribution in [0.15, 0.2) is 24.3 Å². The SMILES string of the molecule is Cc1ccc(CC(=O)NCC2CCCC2N)cc1. The fourth-order valence-corrected chi connectivity index (χ4v) is 2.52. The maximum absolute atomic E-state index is 11.8. The van der Waals surface area contributed by atoms with Crippen molar-refractivity contribution in [3.8, 4) is 0 Å². The molecule has 3 nitrogen and oxygen atoms in total. The molecule has 1 fully saturated rings. The normalized spacial score (nSPS) is 23.0. The molecule has 3 heteroatoms. The van der Waals surface area contributed by atoms with Crippen molar-refractivity contribution in [3.63, 3.8) is 0 Å². The van der Waals surface area contributed by atoms with Gasteiger partial charge in [-0.25, -0.2) is 0 Å². The lowest BCUT2D eigenvalue weighted by Gasteiger charge is -2.15. The molecule has 1 aliphatic carbocycles. The summed E-state index contributed by atoms with van der Waals surface area (Å²) >= 11 is 0. The molecule has 2 atom stereocenters. The Labute approximate surface area is 109 Å². The van der Waals surface area contributed by atoms with Crippen LogP contribution in [0, 0.1) is 12.8 Å². The van der Waals surface area contributed by atoms with Crippen molar-refractivity contribution in [2.45, 2.75) is 38.6 Å². The summed E-state index contributed by atoms with van der Waals surface area (Å²) in [6.07, 6.45) is 3.90. The number of amides is 1. The summed E-state index contributed by atoms with van der Waals surface area (Å²) in [7, 11) is 0. The van der Waals surface area contributed by atoms with E-state index in [1.54, 1.807) is 0 Å². The molecular formula is C15H22N2O. The lowest BCUT2D eigenvalue weighted by Crippen LogP contribution is -2.36. The van der Waals surface area contributed by atoms with Gasteiger partial charge in [-0.15, -0.1) is 0 Å². The van der Waals surface area contributed by atoms with E-state index in [1.165, 1.54) is 12.0 Å². The molecule has 2 unspecified atom stereocenters. The van der Waals surface area contributed by atoms with Crippen LogP contribution in [0.3, 0.4) is 0 Å². The van der Waals surface area contributed by atoms with Crippen molar-refractivity contribution in [2.24, 2.45) is 11.7 Å². The minimum Gasteiger partial charge on any atom is -0.355 e. The molecule has 3 N–H and O–H groups in total. The number of carbonyl (C=O) groups is 1. The van der Waals surface area contributed by atoms with Gasteiger partial charge >= 0.3 is 0 Å². The number of carbonyl (C=O) groups excluding carboxylic acids is 1. The third kappa shape index (κ3) is 3.57. The van der Waals surface area contributed by atoms with Gasteiger partial charge in [-0.3, -0.25) is 4.79 Å². The second-order valence-electron chi connectivity index (χ2n) is 5.32. The van der Waals surface area contributed by atoms with E-state index in [2.05, 4.69) is 5.32 Å². The summed E-state index contributed by atoms with van der Waals surface area (Å²) in [5.41, 5.74) is 8.27. The molecule has 2 rings (SSSR count). The molecule has 0 heterocycles. The standard InChI is InChI=1S/C15H22N2O/c1-11-5-7-12(8-6-11)9-15(18)17-10-13-3-2-4-14(13)16/h5-8,13-14H,2-4,9-10,16H2,1H3,(H,17,18). The number of nitrogens with two attached hydrogens (primary N) is 1. The van der Waals surface area contributed by atoms with Gasteiger partial charge in [0.05, 0.1) is 6.42 Å². The highest BCUT2D eigenvalue weighted by Gasteiger charge is 2.23. The van der Waals surface area contributed by atoms with Crippen LogP contribution in [0.2, 0.25) is 0 Å². The molecule has 1 amide bonds. The van der Waals surface area contributed by atoms with Gasteiger partial charge in [0, 0.05) is 12.6 Å². The van der Waals surface area contributed by atoms with Gasteiger partial charge in [-0.1, -0.05) is 36.2 Å². The van der Waals surface area contributed by atoms with E-state index in [9.17, 15) is 4.79 Å². The Balaban J connectivity index is 1.76. The molecule has 1 aromatic rings. The Kier molecular flexibility index (Phi) is 4.37. The largest absolute Gasteiger partial charge is 0.355 e. The van der Waals surface area contributed by atoms with E-state index >= 15 is 0 Å². The second-order valence-corrected chi connectivity index (χ2v) is 5.32. The molecule has 0 spiro atoms. The van der Waals surface area contributed by atoms with Crippen molar-refractivity contribution in [3.05, 3.63) is 35.4 Å².